The van der Waals surface area contributed by atoms with Gasteiger partial charge in [0.25, 0.3) is 0 Å². The predicted octanol–water partition coefficient (Wildman–Crippen LogP) is 3.24. The smallest absolute Gasteiger partial charge is 0.228 e. The summed E-state index contributed by atoms with van der Waals surface area (Å²) >= 11 is 1.55. The van der Waals surface area contributed by atoms with Crippen molar-refractivity contribution in [1.82, 2.24) is 4.90 Å². The fourth-order valence-electron chi connectivity index (χ4n) is 3.01. The maximum absolute atomic E-state index is 12.9. The summed E-state index contributed by atoms with van der Waals surface area (Å²) in [6.45, 7) is 2.04. The van der Waals surface area contributed by atoms with Crippen LogP contribution in [0.4, 0.5) is 0 Å². The number of aliphatic hydroxyl groups is 1. The van der Waals surface area contributed by atoms with Crippen molar-refractivity contribution in [1.29, 1.82) is 0 Å². The molecule has 0 spiro atoms. The van der Waals surface area contributed by atoms with Gasteiger partial charge in [-0.25, -0.2) is 0 Å². The van der Waals surface area contributed by atoms with Gasteiger partial charge in [-0.1, -0.05) is 30.3 Å². The zero-order valence-electron chi connectivity index (χ0n) is 13.6. The predicted molar refractivity (Wildman–Crippen MR) is 94.7 cm³/mol. The Balaban J connectivity index is 1.73. The van der Waals surface area contributed by atoms with Crippen LogP contribution < -0.4 is 0 Å². The molecule has 0 radical (unpaired) electrons. The molecule has 1 N–H and O–H groups in total. The molecule has 1 saturated heterocycles. The molecule has 3 rings (SSSR count). The van der Waals surface area contributed by atoms with Crippen molar-refractivity contribution >= 4 is 17.2 Å². The largest absolute Gasteiger partial charge is 0.387 e. The fraction of sp³-hybridized carbons (Fsp3) is 0.421. The summed E-state index contributed by atoms with van der Waals surface area (Å²) in [4.78, 5) is 14.7. The van der Waals surface area contributed by atoms with Crippen LogP contribution in [-0.4, -0.2) is 35.7 Å². The third-order valence-electron chi connectivity index (χ3n) is 4.36. The molecule has 0 bridgehead atoms. The van der Waals surface area contributed by atoms with Gasteiger partial charge in [0, 0.05) is 13.2 Å². The first-order valence-corrected chi connectivity index (χ1v) is 9.29. The standard InChI is InChI=1S/C19H23NO3S/c21-18(17-8-10-24-14-17)12-20(11-15-5-2-1-3-6-15)19(22)16-7-4-9-23-13-16/h1-3,5-6,8,10,14,16,18,21H,4,7,9,11-13H2. The quantitative estimate of drug-likeness (QED) is 0.874. The SMILES string of the molecule is O=C(C1CCCOC1)N(Cc1ccccc1)CC(O)c1ccsc1. The number of aliphatic hydroxyl groups excluding tert-OH is 1. The van der Waals surface area contributed by atoms with E-state index in [9.17, 15) is 9.90 Å². The van der Waals surface area contributed by atoms with Crippen molar-refractivity contribution in [3.63, 3.8) is 0 Å². The van der Waals surface area contributed by atoms with E-state index in [4.69, 9.17) is 4.74 Å². The molecule has 2 unspecified atom stereocenters. The second kappa shape index (κ2) is 8.42. The molecule has 1 aliphatic heterocycles. The molecule has 1 aromatic heterocycles. The lowest BCUT2D eigenvalue weighted by molar-refractivity contribution is -0.142. The van der Waals surface area contributed by atoms with Gasteiger partial charge in [0.15, 0.2) is 0 Å². The number of rotatable bonds is 6. The lowest BCUT2D eigenvalue weighted by atomic mass is 9.99. The van der Waals surface area contributed by atoms with Crippen molar-refractivity contribution in [3.05, 3.63) is 58.3 Å². The Labute approximate surface area is 146 Å². The van der Waals surface area contributed by atoms with Gasteiger partial charge in [0.1, 0.15) is 0 Å². The van der Waals surface area contributed by atoms with Crippen molar-refractivity contribution in [2.75, 3.05) is 19.8 Å². The maximum Gasteiger partial charge on any atom is 0.228 e. The summed E-state index contributed by atoms with van der Waals surface area (Å²) in [6.07, 6.45) is 1.12. The Bertz CT molecular complexity index is 623. The molecular weight excluding hydrogens is 322 g/mol. The third-order valence-corrected chi connectivity index (χ3v) is 5.06. The van der Waals surface area contributed by atoms with Crippen LogP contribution in [0.3, 0.4) is 0 Å². The highest BCUT2D eigenvalue weighted by Gasteiger charge is 2.28. The minimum Gasteiger partial charge on any atom is -0.387 e. The molecule has 2 heterocycles. The normalized spacial score (nSPS) is 19.0. The summed E-state index contributed by atoms with van der Waals surface area (Å²) in [5.74, 6) is -0.0232. The number of carbonyl (C=O) groups is 1. The number of hydrogen-bond acceptors (Lipinski definition) is 4. The average Bonchev–Trinajstić information content (AvgIpc) is 3.17. The molecule has 128 valence electrons. The van der Waals surface area contributed by atoms with E-state index >= 15 is 0 Å². The van der Waals surface area contributed by atoms with Crippen LogP contribution in [0, 0.1) is 5.92 Å². The van der Waals surface area contributed by atoms with Crippen LogP contribution in [-0.2, 0) is 16.1 Å². The Morgan fingerprint density at radius 1 is 1.33 bits per heavy atom. The number of hydrogen-bond donors (Lipinski definition) is 1. The second-order valence-corrected chi connectivity index (χ2v) is 6.97. The van der Waals surface area contributed by atoms with Crippen molar-refractivity contribution in [3.8, 4) is 0 Å². The second-order valence-electron chi connectivity index (χ2n) is 6.19. The van der Waals surface area contributed by atoms with Gasteiger partial charge in [-0.05, 0) is 40.8 Å². The van der Waals surface area contributed by atoms with E-state index < -0.39 is 6.10 Å². The number of nitrogens with zero attached hydrogens (tertiary/aromatic N) is 1. The van der Waals surface area contributed by atoms with Crippen LogP contribution in [0.1, 0.15) is 30.1 Å². The van der Waals surface area contributed by atoms with Crippen molar-refractivity contribution in [2.45, 2.75) is 25.5 Å². The molecule has 1 aromatic carbocycles. The molecule has 5 heteroatoms. The fourth-order valence-corrected chi connectivity index (χ4v) is 3.72. The third kappa shape index (κ3) is 4.44. The maximum atomic E-state index is 12.9. The molecule has 2 atom stereocenters. The first-order valence-electron chi connectivity index (χ1n) is 8.34. The van der Waals surface area contributed by atoms with E-state index in [-0.39, 0.29) is 11.8 Å². The summed E-state index contributed by atoms with van der Waals surface area (Å²) < 4.78 is 5.47. The minimum absolute atomic E-state index is 0.0767. The first-order chi connectivity index (χ1) is 11.7. The van der Waals surface area contributed by atoms with E-state index in [2.05, 4.69) is 0 Å². The molecule has 1 fully saturated rings. The van der Waals surface area contributed by atoms with Crippen LogP contribution in [0.15, 0.2) is 47.2 Å². The lowest BCUT2D eigenvalue weighted by Crippen LogP contribution is -2.41. The topological polar surface area (TPSA) is 49.8 Å². The van der Waals surface area contributed by atoms with E-state index in [1.165, 1.54) is 0 Å². The van der Waals surface area contributed by atoms with Crippen LogP contribution >= 0.6 is 11.3 Å². The Hall–Kier alpha value is -1.69. The van der Waals surface area contributed by atoms with E-state index in [1.54, 1.807) is 16.2 Å². The highest BCUT2D eigenvalue weighted by Crippen LogP contribution is 2.22. The molecule has 24 heavy (non-hydrogen) atoms. The molecule has 2 aromatic rings. The van der Waals surface area contributed by atoms with Gasteiger partial charge in [-0.3, -0.25) is 4.79 Å². The van der Waals surface area contributed by atoms with Crippen molar-refractivity contribution in [2.24, 2.45) is 5.92 Å². The van der Waals surface area contributed by atoms with Crippen LogP contribution in [0.25, 0.3) is 0 Å². The van der Waals surface area contributed by atoms with E-state index in [1.807, 2.05) is 47.2 Å². The van der Waals surface area contributed by atoms with Gasteiger partial charge in [0.2, 0.25) is 5.91 Å². The Morgan fingerprint density at radius 3 is 2.83 bits per heavy atom. The monoisotopic (exact) mass is 345 g/mol. The van der Waals surface area contributed by atoms with E-state index in [0.29, 0.717) is 19.7 Å². The number of carbonyl (C=O) groups excluding carboxylic acids is 1. The van der Waals surface area contributed by atoms with E-state index in [0.717, 1.165) is 30.6 Å². The Kier molecular flexibility index (Phi) is 6.01. The lowest BCUT2D eigenvalue weighted by Gasteiger charge is -2.31. The molecular formula is C19H23NO3S. The number of benzene rings is 1. The molecule has 1 aliphatic rings. The number of ether oxygens (including phenoxy) is 1. The highest BCUT2D eigenvalue weighted by atomic mass is 32.1. The summed E-state index contributed by atoms with van der Waals surface area (Å²) in [5, 5.41) is 14.4. The number of thiophene rings is 1. The van der Waals surface area contributed by atoms with Gasteiger partial charge in [-0.2, -0.15) is 11.3 Å². The highest BCUT2D eigenvalue weighted by molar-refractivity contribution is 7.07. The average molecular weight is 345 g/mol. The first kappa shape index (κ1) is 17.1. The zero-order valence-corrected chi connectivity index (χ0v) is 14.5. The van der Waals surface area contributed by atoms with Crippen LogP contribution in [0.5, 0.6) is 0 Å². The molecule has 0 aliphatic carbocycles. The summed E-state index contributed by atoms with van der Waals surface area (Å²) in [7, 11) is 0. The summed E-state index contributed by atoms with van der Waals surface area (Å²) in [5.41, 5.74) is 1.94. The molecule has 4 nitrogen and oxygen atoms in total. The van der Waals surface area contributed by atoms with Gasteiger partial charge in [-0.15, -0.1) is 0 Å². The van der Waals surface area contributed by atoms with Gasteiger partial charge >= 0.3 is 0 Å². The van der Waals surface area contributed by atoms with Gasteiger partial charge in [0.05, 0.1) is 25.2 Å². The molecule has 0 saturated carbocycles. The van der Waals surface area contributed by atoms with Crippen LogP contribution in [0.2, 0.25) is 0 Å². The zero-order chi connectivity index (χ0) is 16.8. The Morgan fingerprint density at radius 2 is 2.17 bits per heavy atom. The number of amides is 1. The van der Waals surface area contributed by atoms with Gasteiger partial charge < -0.3 is 14.7 Å². The summed E-state index contributed by atoms with van der Waals surface area (Å²) in [6, 6.07) is 11.8. The molecule has 1 amide bonds. The van der Waals surface area contributed by atoms with Crippen molar-refractivity contribution < 1.29 is 14.6 Å². The minimum atomic E-state index is -0.659.